The first-order valence-corrected chi connectivity index (χ1v) is 17.9. The molecule has 0 bridgehead atoms. The van der Waals surface area contributed by atoms with Gasteiger partial charge in [-0.15, -0.1) is 18.7 Å². The number of benzene rings is 4. The fraction of sp³-hybridized carbons (Fsp3) is 0.125. The number of hydrogen-bond donors (Lipinski definition) is 0. The van der Waals surface area contributed by atoms with Gasteiger partial charge in [0.25, 0.3) is 23.6 Å². The van der Waals surface area contributed by atoms with Gasteiger partial charge in [0.05, 0.1) is 54.3 Å². The molecule has 4 aromatic rings. The second-order valence-corrected chi connectivity index (χ2v) is 14.9. The summed E-state index contributed by atoms with van der Waals surface area (Å²) in [6.45, 7) is 0. The molecule has 4 aromatic carbocycles. The number of halogens is 12. The molecule has 312 valence electrons. The van der Waals surface area contributed by atoms with Gasteiger partial charge in [0.2, 0.25) is 0 Å². The van der Waals surface area contributed by atoms with E-state index in [9.17, 15) is 88.7 Å². The molecule has 0 fully saturated rings. The van der Waals surface area contributed by atoms with Crippen LogP contribution < -0.4 is 4.74 Å². The molecule has 0 aliphatic carbocycles. The summed E-state index contributed by atoms with van der Waals surface area (Å²) in [7, 11) is -11.5. The Balaban J connectivity index is 1.22. The summed E-state index contributed by atoms with van der Waals surface area (Å²) >= 11 is 0. The van der Waals surface area contributed by atoms with Crippen LogP contribution in [0.5, 0.6) is 11.5 Å². The number of amides is 4. The van der Waals surface area contributed by atoms with E-state index in [1.54, 1.807) is 0 Å². The van der Waals surface area contributed by atoms with E-state index in [1.807, 2.05) is 0 Å². The monoisotopic (exact) mass is 892 g/mol. The number of hydrogen-bond acceptors (Lipinski definition) is 11. The van der Waals surface area contributed by atoms with Crippen LogP contribution in [0, 0.1) is 0 Å². The van der Waals surface area contributed by atoms with E-state index in [1.165, 1.54) is 0 Å². The molecule has 0 spiro atoms. The summed E-state index contributed by atoms with van der Waals surface area (Å²) in [5.41, 5.74) is -10.9. The summed E-state index contributed by atoms with van der Waals surface area (Å²) in [5.74, 6) is -7.18. The summed E-state index contributed by atoms with van der Waals surface area (Å²) in [5, 5.41) is -0.966. The second kappa shape index (κ2) is 13.8. The van der Waals surface area contributed by atoms with Crippen LogP contribution in [-0.4, -0.2) is 50.6 Å². The third-order valence-corrected chi connectivity index (χ3v) is 10.2. The summed E-state index contributed by atoms with van der Waals surface area (Å²) < 4.78 is 225. The summed E-state index contributed by atoms with van der Waals surface area (Å²) in [6, 6.07) is 3.30. The van der Waals surface area contributed by atoms with Crippen molar-refractivity contribution in [1.82, 2.24) is 10.1 Å². The average molecular weight is 893 g/mol. The van der Waals surface area contributed by atoms with Gasteiger partial charge in [0.1, 0.15) is 11.5 Å². The molecule has 13 nitrogen and oxygen atoms in total. The molecule has 0 atom stereocenters. The number of nitrogens with zero attached hydrogens (tertiary/aromatic N) is 2. The average Bonchev–Trinajstić information content (AvgIpc) is 3.48. The maximum Gasteiger partial charge on any atom is 0.416 e. The molecule has 27 heteroatoms. The minimum Gasteiger partial charge on any atom is -0.457 e. The number of carbonyl (C=O) groups is 4. The van der Waals surface area contributed by atoms with Gasteiger partial charge in [0.15, 0.2) is 0 Å². The van der Waals surface area contributed by atoms with E-state index in [-0.39, 0.29) is 24.3 Å². The van der Waals surface area contributed by atoms with Crippen molar-refractivity contribution in [2.24, 2.45) is 0 Å². The van der Waals surface area contributed by atoms with Gasteiger partial charge in [-0.05, 0) is 72.8 Å². The Morgan fingerprint density at radius 3 is 0.932 bits per heavy atom. The SMILES string of the molecule is O=C1c2ccc(Oc3ccc4c(c3)C(=O)N(OS(=O)(=O)c3cc(C(F)(F)F)cc(C(F)(F)F)c3)C4=O)cc2C(=O)N1OS(=O)(=O)c1cc(C(F)(F)F)cc(C(F)(F)F)c1. The highest BCUT2D eigenvalue weighted by molar-refractivity contribution is 7.87. The van der Waals surface area contributed by atoms with Crippen LogP contribution in [0.1, 0.15) is 63.7 Å². The van der Waals surface area contributed by atoms with Crippen LogP contribution in [0.25, 0.3) is 0 Å². The highest BCUT2D eigenvalue weighted by Crippen LogP contribution is 2.41. The van der Waals surface area contributed by atoms with Gasteiger partial charge in [-0.2, -0.15) is 69.5 Å². The number of carbonyl (C=O) groups excluding carboxylic acids is 4. The van der Waals surface area contributed by atoms with Crippen molar-refractivity contribution in [3.8, 4) is 11.5 Å². The number of rotatable bonds is 8. The zero-order chi connectivity index (χ0) is 44.0. The molecule has 6 rings (SSSR count). The van der Waals surface area contributed by atoms with E-state index >= 15 is 0 Å². The standard InChI is InChI=1S/C32H12F12N2O11S2/c33-29(34,35)13-5-14(30(36,37)38)8-19(7-13)58(51,52)56-45-25(47)21-3-1-17(11-23(21)27(45)49)55-18-2-4-22-24(12-18)28(50)46(26(22)48)57-59(53,54)20-9-15(31(39,40)41)6-16(10-20)32(42,43)44/h1-12H. The molecule has 59 heavy (non-hydrogen) atoms. The maximum atomic E-state index is 13.3. The Morgan fingerprint density at radius 2 is 0.661 bits per heavy atom. The Hall–Kier alpha value is -6.06. The Kier molecular flexibility index (Phi) is 9.93. The third-order valence-electron chi connectivity index (χ3n) is 7.92. The van der Waals surface area contributed by atoms with Crippen LogP contribution in [-0.2, 0) is 53.5 Å². The molecule has 4 amide bonds. The molecule has 0 unspecified atom stereocenters. The second-order valence-electron chi connectivity index (χ2n) is 11.9. The first-order valence-electron chi connectivity index (χ1n) is 15.1. The first kappa shape index (κ1) is 42.5. The van der Waals surface area contributed by atoms with Crippen LogP contribution in [0.3, 0.4) is 0 Å². The Bertz CT molecular complexity index is 2480. The van der Waals surface area contributed by atoms with Crippen molar-refractivity contribution in [3.63, 3.8) is 0 Å². The van der Waals surface area contributed by atoms with Gasteiger partial charge in [-0.1, -0.05) is 0 Å². The summed E-state index contributed by atoms with van der Waals surface area (Å²) in [6.07, 6.45) is -22.0. The van der Waals surface area contributed by atoms with Crippen LogP contribution in [0.15, 0.2) is 82.6 Å². The molecule has 0 saturated heterocycles. The van der Waals surface area contributed by atoms with Gasteiger partial charge in [0, 0.05) is 0 Å². The minimum absolute atomic E-state index is 0.239. The van der Waals surface area contributed by atoms with E-state index in [0.29, 0.717) is 0 Å². The fourth-order valence-corrected chi connectivity index (χ4v) is 7.14. The molecule has 0 radical (unpaired) electrons. The van der Waals surface area contributed by atoms with Crippen molar-refractivity contribution in [3.05, 3.63) is 117 Å². The highest BCUT2D eigenvalue weighted by atomic mass is 32.2. The lowest BCUT2D eigenvalue weighted by atomic mass is 10.1. The van der Waals surface area contributed by atoms with Crippen molar-refractivity contribution in [2.45, 2.75) is 34.5 Å². The minimum atomic E-state index is -5.76. The lowest BCUT2D eigenvalue weighted by Gasteiger charge is -2.16. The number of hydroxylamine groups is 4. The van der Waals surface area contributed by atoms with E-state index in [2.05, 4.69) is 8.57 Å². The molecule has 0 saturated carbocycles. The van der Waals surface area contributed by atoms with E-state index < -0.39 is 157 Å². The quantitative estimate of drug-likeness (QED) is 0.128. The molecule has 2 heterocycles. The fourth-order valence-electron chi connectivity index (χ4n) is 5.22. The Labute approximate surface area is 319 Å². The number of alkyl halides is 12. The van der Waals surface area contributed by atoms with Gasteiger partial charge < -0.3 is 4.74 Å². The van der Waals surface area contributed by atoms with Crippen molar-refractivity contribution in [1.29, 1.82) is 0 Å². The molecule has 2 aliphatic rings. The maximum absolute atomic E-state index is 13.3. The van der Waals surface area contributed by atoms with Crippen molar-refractivity contribution in [2.75, 3.05) is 0 Å². The summed E-state index contributed by atoms with van der Waals surface area (Å²) in [4.78, 5) is 48.3. The van der Waals surface area contributed by atoms with Crippen LogP contribution in [0.4, 0.5) is 52.7 Å². The largest absolute Gasteiger partial charge is 0.457 e. The molecular formula is C32H12F12N2O11S2. The number of ether oxygens (including phenoxy) is 1. The predicted molar refractivity (Wildman–Crippen MR) is 163 cm³/mol. The molecule has 2 aliphatic heterocycles. The lowest BCUT2D eigenvalue weighted by molar-refractivity contribution is -0.145. The predicted octanol–water partition coefficient (Wildman–Crippen LogP) is 7.39. The van der Waals surface area contributed by atoms with Crippen LogP contribution in [0.2, 0.25) is 0 Å². The van der Waals surface area contributed by atoms with Crippen LogP contribution >= 0.6 is 0 Å². The Morgan fingerprint density at radius 1 is 0.390 bits per heavy atom. The lowest BCUT2D eigenvalue weighted by Crippen LogP contribution is -2.33. The molecule has 0 N–H and O–H groups in total. The third kappa shape index (κ3) is 8.17. The molecular weight excluding hydrogens is 880 g/mol. The van der Waals surface area contributed by atoms with Gasteiger partial charge in [-0.3, -0.25) is 19.2 Å². The molecule has 0 aromatic heterocycles. The van der Waals surface area contributed by atoms with Gasteiger partial charge in [-0.25, -0.2) is 0 Å². The number of fused-ring (bicyclic) bond motifs is 2. The smallest absolute Gasteiger partial charge is 0.416 e. The van der Waals surface area contributed by atoms with Crippen molar-refractivity contribution >= 4 is 43.9 Å². The zero-order valence-electron chi connectivity index (χ0n) is 27.7. The van der Waals surface area contributed by atoms with Gasteiger partial charge >= 0.3 is 44.9 Å². The normalized spacial score (nSPS) is 15.3. The first-order chi connectivity index (χ1) is 26.9. The zero-order valence-corrected chi connectivity index (χ0v) is 29.3. The topological polar surface area (TPSA) is 171 Å². The number of imide groups is 2. The van der Waals surface area contributed by atoms with E-state index in [0.717, 1.165) is 36.4 Å². The van der Waals surface area contributed by atoms with Crippen molar-refractivity contribution < 1.29 is 102 Å². The highest BCUT2D eigenvalue weighted by Gasteiger charge is 2.45. The van der Waals surface area contributed by atoms with E-state index in [4.69, 9.17) is 4.74 Å².